The molecule has 0 aromatic heterocycles. The molecule has 1 fully saturated rings. The maximum Gasteiger partial charge on any atom is 0.415 e. The van der Waals surface area contributed by atoms with E-state index in [0.29, 0.717) is 23.4 Å². The molecule has 3 aromatic carbocycles. The van der Waals surface area contributed by atoms with Crippen LogP contribution in [0.25, 0.3) is 0 Å². The average molecular weight is 667 g/mol. The van der Waals surface area contributed by atoms with Crippen molar-refractivity contribution in [2.24, 2.45) is 5.92 Å². The van der Waals surface area contributed by atoms with Crippen LogP contribution >= 0.6 is 0 Å². The molecule has 4 atom stereocenters. The highest BCUT2D eigenvalue weighted by Crippen LogP contribution is 2.25. The number of nitrogens with one attached hydrogen (secondary N) is 2. The molecular weight excluding hydrogens is 624 g/mol. The SMILES string of the molecule is CC[C@@H](C)CN(C[C@@H](O)[C@H](Cc1ccccc1)NC(=O)C1CN(c2cccc(C(=O)NC)c2)C(=O)O1)S(=O)(=O)c1ccc(OC)cc1. The third kappa shape index (κ3) is 8.88. The summed E-state index contributed by atoms with van der Waals surface area (Å²) < 4.78 is 39.5. The van der Waals surface area contributed by atoms with Gasteiger partial charge in [0.05, 0.1) is 30.7 Å². The van der Waals surface area contributed by atoms with E-state index in [1.54, 1.807) is 30.3 Å². The van der Waals surface area contributed by atoms with Crippen LogP contribution in [-0.2, 0) is 26.0 Å². The van der Waals surface area contributed by atoms with E-state index in [0.717, 1.165) is 5.56 Å². The first-order valence-corrected chi connectivity index (χ1v) is 16.9. The Bertz CT molecular complexity index is 1640. The van der Waals surface area contributed by atoms with Crippen molar-refractivity contribution in [1.82, 2.24) is 14.9 Å². The Hall–Kier alpha value is -4.46. The number of aliphatic hydroxyl groups is 1. The minimum Gasteiger partial charge on any atom is -0.497 e. The van der Waals surface area contributed by atoms with Gasteiger partial charge in [0.1, 0.15) is 5.75 Å². The summed E-state index contributed by atoms with van der Waals surface area (Å²) in [6.07, 6.45) is -2.40. The maximum atomic E-state index is 13.8. The number of methoxy groups -OCH3 is 1. The second kappa shape index (κ2) is 15.9. The fourth-order valence-corrected chi connectivity index (χ4v) is 6.75. The minimum absolute atomic E-state index is 0.0109. The van der Waals surface area contributed by atoms with Crippen LogP contribution in [0.4, 0.5) is 10.5 Å². The lowest BCUT2D eigenvalue weighted by Gasteiger charge is -2.31. The smallest absolute Gasteiger partial charge is 0.415 e. The lowest BCUT2D eigenvalue weighted by molar-refractivity contribution is -0.129. The van der Waals surface area contributed by atoms with Crippen LogP contribution in [0.5, 0.6) is 5.75 Å². The molecule has 1 aliphatic heterocycles. The largest absolute Gasteiger partial charge is 0.497 e. The summed E-state index contributed by atoms with van der Waals surface area (Å²) in [5, 5.41) is 17.0. The van der Waals surface area contributed by atoms with Crippen molar-refractivity contribution in [1.29, 1.82) is 0 Å². The van der Waals surface area contributed by atoms with Crippen LogP contribution in [0.1, 0.15) is 36.2 Å². The van der Waals surface area contributed by atoms with Crippen LogP contribution in [0, 0.1) is 5.92 Å². The first-order chi connectivity index (χ1) is 22.5. The Kier molecular flexibility index (Phi) is 12.0. The van der Waals surface area contributed by atoms with Gasteiger partial charge in [-0.1, -0.05) is 56.7 Å². The summed E-state index contributed by atoms with van der Waals surface area (Å²) in [5.41, 5.74) is 1.53. The Morgan fingerprint density at radius 3 is 2.40 bits per heavy atom. The number of aliphatic hydroxyl groups excluding tert-OH is 1. The lowest BCUT2D eigenvalue weighted by Crippen LogP contribution is -2.53. The zero-order valence-corrected chi connectivity index (χ0v) is 27.8. The second-order valence-corrected chi connectivity index (χ2v) is 13.4. The Balaban J connectivity index is 1.56. The van der Waals surface area contributed by atoms with Gasteiger partial charge in [0.15, 0.2) is 6.10 Å². The zero-order valence-electron chi connectivity index (χ0n) is 27.0. The predicted octanol–water partition coefficient (Wildman–Crippen LogP) is 3.21. The summed E-state index contributed by atoms with van der Waals surface area (Å²) in [5.74, 6) is -0.478. The number of carbonyl (C=O) groups is 3. The first-order valence-electron chi connectivity index (χ1n) is 15.4. The van der Waals surface area contributed by atoms with Gasteiger partial charge in [-0.2, -0.15) is 4.31 Å². The number of anilines is 1. The van der Waals surface area contributed by atoms with E-state index in [-0.39, 0.29) is 42.8 Å². The lowest BCUT2D eigenvalue weighted by atomic mass is 10.0. The number of hydrogen-bond acceptors (Lipinski definition) is 8. The highest BCUT2D eigenvalue weighted by molar-refractivity contribution is 7.89. The second-order valence-electron chi connectivity index (χ2n) is 11.5. The van der Waals surface area contributed by atoms with Gasteiger partial charge in [-0.3, -0.25) is 14.5 Å². The van der Waals surface area contributed by atoms with Crippen molar-refractivity contribution >= 4 is 33.6 Å². The van der Waals surface area contributed by atoms with Crippen LogP contribution in [0.2, 0.25) is 0 Å². The Labute approximate surface area is 275 Å². The molecule has 0 spiro atoms. The van der Waals surface area contributed by atoms with Gasteiger partial charge >= 0.3 is 6.09 Å². The quantitative estimate of drug-likeness (QED) is 0.224. The third-order valence-corrected chi connectivity index (χ3v) is 9.99. The number of amides is 3. The molecule has 1 unspecified atom stereocenters. The molecule has 0 saturated carbocycles. The van der Waals surface area contributed by atoms with Crippen LogP contribution in [0.15, 0.2) is 83.8 Å². The number of nitrogens with zero attached hydrogens (tertiary/aromatic N) is 2. The van der Waals surface area contributed by atoms with Gasteiger partial charge < -0.3 is 25.2 Å². The van der Waals surface area contributed by atoms with E-state index in [1.807, 2.05) is 44.2 Å². The van der Waals surface area contributed by atoms with E-state index in [2.05, 4.69) is 10.6 Å². The van der Waals surface area contributed by atoms with Crippen molar-refractivity contribution in [3.63, 3.8) is 0 Å². The van der Waals surface area contributed by atoms with Gasteiger partial charge in [-0.05, 0) is 60.4 Å². The summed E-state index contributed by atoms with van der Waals surface area (Å²) >= 11 is 0. The Morgan fingerprint density at radius 1 is 1.06 bits per heavy atom. The first kappa shape index (κ1) is 35.4. The molecule has 0 radical (unpaired) electrons. The summed E-state index contributed by atoms with van der Waals surface area (Å²) in [4.78, 5) is 39.8. The van der Waals surface area contributed by atoms with Crippen molar-refractivity contribution in [3.05, 3.63) is 90.0 Å². The van der Waals surface area contributed by atoms with Gasteiger partial charge in [0, 0.05) is 31.4 Å². The fraction of sp³-hybridized carbons (Fsp3) is 0.382. The van der Waals surface area contributed by atoms with Gasteiger partial charge in [0.25, 0.3) is 11.8 Å². The molecule has 12 nitrogen and oxygen atoms in total. The predicted molar refractivity (Wildman–Crippen MR) is 177 cm³/mol. The summed E-state index contributed by atoms with van der Waals surface area (Å²) in [6.45, 7) is 3.62. The van der Waals surface area contributed by atoms with Gasteiger partial charge in [-0.25, -0.2) is 13.2 Å². The normalized spacial score (nSPS) is 16.7. The molecule has 252 valence electrons. The molecule has 47 heavy (non-hydrogen) atoms. The van der Waals surface area contributed by atoms with Crippen molar-refractivity contribution in [2.45, 2.75) is 49.8 Å². The molecule has 0 bridgehead atoms. The van der Waals surface area contributed by atoms with Crippen molar-refractivity contribution < 1.29 is 37.4 Å². The van der Waals surface area contributed by atoms with E-state index in [4.69, 9.17) is 9.47 Å². The molecule has 3 aromatic rings. The van der Waals surface area contributed by atoms with Crippen molar-refractivity contribution in [2.75, 3.05) is 38.7 Å². The van der Waals surface area contributed by atoms with Crippen LogP contribution < -0.4 is 20.3 Å². The molecule has 0 aliphatic carbocycles. The Morgan fingerprint density at radius 2 is 1.77 bits per heavy atom. The number of rotatable bonds is 15. The average Bonchev–Trinajstić information content (AvgIpc) is 3.49. The number of benzene rings is 3. The molecular formula is C34H42N4O8S. The van der Waals surface area contributed by atoms with Crippen LogP contribution in [-0.4, -0.2) is 87.8 Å². The maximum absolute atomic E-state index is 13.8. The van der Waals surface area contributed by atoms with Gasteiger partial charge in [-0.15, -0.1) is 0 Å². The summed E-state index contributed by atoms with van der Waals surface area (Å²) in [7, 11) is -1.04. The molecule has 4 rings (SSSR count). The standard InChI is InChI=1S/C34H42N4O8S/c1-5-23(2)20-37(47(43,44)28-16-14-27(45-4)15-17-28)21-30(39)29(18-24-10-7-6-8-11-24)36-33(41)31-22-38(34(42)46-31)26-13-9-12-25(19-26)32(40)35-3/h6-17,19,23,29-31,39H,5,18,20-22H2,1-4H3,(H,35,40)(H,36,41)/t23-,29+,30-,31?/m1/s1. The van der Waals surface area contributed by atoms with Crippen molar-refractivity contribution in [3.8, 4) is 5.75 Å². The number of cyclic esters (lactones) is 1. The highest BCUT2D eigenvalue weighted by Gasteiger charge is 2.39. The topological polar surface area (TPSA) is 155 Å². The number of hydrogen-bond donors (Lipinski definition) is 3. The van der Waals surface area contributed by atoms with Gasteiger partial charge in [0.2, 0.25) is 10.0 Å². The summed E-state index contributed by atoms with van der Waals surface area (Å²) in [6, 6.07) is 20.7. The highest BCUT2D eigenvalue weighted by atomic mass is 32.2. The molecule has 1 saturated heterocycles. The zero-order chi connectivity index (χ0) is 34.1. The molecule has 1 aliphatic rings. The number of ether oxygens (including phenoxy) is 2. The fourth-order valence-electron chi connectivity index (χ4n) is 5.18. The van der Waals surface area contributed by atoms with E-state index < -0.39 is 40.3 Å². The van der Waals surface area contributed by atoms with E-state index >= 15 is 0 Å². The third-order valence-electron chi connectivity index (χ3n) is 8.14. The number of sulfonamides is 1. The number of carbonyl (C=O) groups excluding carboxylic acids is 3. The van der Waals surface area contributed by atoms with Crippen LogP contribution in [0.3, 0.4) is 0 Å². The molecule has 13 heteroatoms. The monoisotopic (exact) mass is 666 g/mol. The van der Waals surface area contributed by atoms with E-state index in [1.165, 1.54) is 41.6 Å². The minimum atomic E-state index is -4.03. The molecule has 3 N–H and O–H groups in total. The van der Waals surface area contributed by atoms with E-state index in [9.17, 15) is 27.9 Å². The molecule has 1 heterocycles. The molecule has 3 amide bonds.